The third-order valence-electron chi connectivity index (χ3n) is 3.79. The first-order valence-corrected chi connectivity index (χ1v) is 8.86. The standard InChI is InChI=1S/C18H20N2O3S/c1-12(19-18(22)16-3-2-10-24-16)13-4-8-15(9-5-13)23-11-17(21)20-14-6-7-14/h2-5,8-10,12,14H,6-7,11H2,1H3,(H,19,22)(H,20,21). The van der Waals surface area contributed by atoms with Gasteiger partial charge in [0.1, 0.15) is 5.75 Å². The van der Waals surface area contributed by atoms with Crippen molar-refractivity contribution in [3.8, 4) is 5.75 Å². The van der Waals surface area contributed by atoms with Crippen LogP contribution in [0.4, 0.5) is 0 Å². The van der Waals surface area contributed by atoms with E-state index >= 15 is 0 Å². The van der Waals surface area contributed by atoms with E-state index in [1.165, 1.54) is 11.3 Å². The van der Waals surface area contributed by atoms with Crippen molar-refractivity contribution in [2.45, 2.75) is 31.8 Å². The maximum atomic E-state index is 12.1. The van der Waals surface area contributed by atoms with Crippen molar-refractivity contribution in [1.82, 2.24) is 10.6 Å². The molecule has 1 aromatic heterocycles. The summed E-state index contributed by atoms with van der Waals surface area (Å²) >= 11 is 1.42. The van der Waals surface area contributed by atoms with Crippen molar-refractivity contribution in [3.05, 3.63) is 52.2 Å². The Morgan fingerprint density at radius 1 is 1.25 bits per heavy atom. The Labute approximate surface area is 145 Å². The summed E-state index contributed by atoms with van der Waals surface area (Å²) in [5.74, 6) is 0.481. The van der Waals surface area contributed by atoms with E-state index in [1.54, 1.807) is 6.07 Å². The molecule has 1 saturated carbocycles. The van der Waals surface area contributed by atoms with Gasteiger partial charge in [0.2, 0.25) is 0 Å². The average Bonchev–Trinajstić information content (AvgIpc) is 3.22. The first-order chi connectivity index (χ1) is 11.6. The number of ether oxygens (including phenoxy) is 1. The summed E-state index contributed by atoms with van der Waals surface area (Å²) in [6.07, 6.45) is 2.13. The molecule has 1 atom stereocenters. The second kappa shape index (κ2) is 7.49. The molecule has 126 valence electrons. The summed E-state index contributed by atoms with van der Waals surface area (Å²) < 4.78 is 5.47. The van der Waals surface area contributed by atoms with Crippen molar-refractivity contribution in [2.24, 2.45) is 0 Å². The lowest BCUT2D eigenvalue weighted by atomic mass is 10.1. The first kappa shape index (κ1) is 16.5. The smallest absolute Gasteiger partial charge is 0.261 e. The van der Waals surface area contributed by atoms with Crippen LogP contribution in [0.15, 0.2) is 41.8 Å². The van der Waals surface area contributed by atoms with Gasteiger partial charge in [-0.1, -0.05) is 18.2 Å². The second-order valence-corrected chi connectivity index (χ2v) is 6.82. The van der Waals surface area contributed by atoms with Crippen LogP contribution in [0.5, 0.6) is 5.75 Å². The van der Waals surface area contributed by atoms with E-state index in [4.69, 9.17) is 4.74 Å². The van der Waals surface area contributed by atoms with Gasteiger partial charge < -0.3 is 15.4 Å². The molecule has 0 bridgehead atoms. The highest BCUT2D eigenvalue weighted by Crippen LogP contribution is 2.20. The van der Waals surface area contributed by atoms with Crippen molar-refractivity contribution in [3.63, 3.8) is 0 Å². The molecule has 5 nitrogen and oxygen atoms in total. The number of carbonyl (C=O) groups excluding carboxylic acids is 2. The molecule has 6 heteroatoms. The van der Waals surface area contributed by atoms with Crippen LogP contribution in [0.1, 0.15) is 41.0 Å². The minimum absolute atomic E-state index is 0.0283. The number of rotatable bonds is 7. The molecule has 2 aromatic rings. The highest BCUT2D eigenvalue weighted by Gasteiger charge is 2.23. The van der Waals surface area contributed by atoms with Gasteiger partial charge in [-0.2, -0.15) is 0 Å². The minimum atomic E-state index is -0.105. The number of amides is 2. The molecule has 1 fully saturated rings. The lowest BCUT2D eigenvalue weighted by Crippen LogP contribution is -2.30. The summed E-state index contributed by atoms with van der Waals surface area (Å²) in [6.45, 7) is 1.96. The first-order valence-electron chi connectivity index (χ1n) is 7.98. The number of benzene rings is 1. The quantitative estimate of drug-likeness (QED) is 0.811. The topological polar surface area (TPSA) is 67.4 Å². The maximum absolute atomic E-state index is 12.1. The van der Waals surface area contributed by atoms with Gasteiger partial charge in [0.15, 0.2) is 6.61 Å². The lowest BCUT2D eigenvalue weighted by Gasteiger charge is -2.14. The fourth-order valence-corrected chi connectivity index (χ4v) is 2.88. The molecule has 0 aliphatic heterocycles. The van der Waals surface area contributed by atoms with Crippen molar-refractivity contribution >= 4 is 23.2 Å². The molecule has 2 amide bonds. The normalized spacial score (nSPS) is 14.7. The van der Waals surface area contributed by atoms with E-state index in [0.29, 0.717) is 16.7 Å². The SMILES string of the molecule is CC(NC(=O)c1cccs1)c1ccc(OCC(=O)NC2CC2)cc1. The molecule has 1 heterocycles. The molecular formula is C18H20N2O3S. The van der Waals surface area contributed by atoms with Crippen LogP contribution < -0.4 is 15.4 Å². The summed E-state index contributed by atoms with van der Waals surface area (Å²) in [5.41, 5.74) is 0.981. The number of carbonyl (C=O) groups is 2. The Morgan fingerprint density at radius 2 is 2.00 bits per heavy atom. The minimum Gasteiger partial charge on any atom is -0.484 e. The van der Waals surface area contributed by atoms with Crippen LogP contribution in [0.3, 0.4) is 0 Å². The zero-order chi connectivity index (χ0) is 16.9. The Bertz CT molecular complexity index is 694. The van der Waals surface area contributed by atoms with E-state index in [0.717, 1.165) is 18.4 Å². The van der Waals surface area contributed by atoms with Crippen molar-refractivity contribution < 1.29 is 14.3 Å². The predicted molar refractivity (Wildman–Crippen MR) is 93.3 cm³/mol. The van der Waals surface area contributed by atoms with Gasteiger partial charge in [-0.3, -0.25) is 9.59 Å². The molecular weight excluding hydrogens is 324 g/mol. The average molecular weight is 344 g/mol. The van der Waals surface area contributed by atoms with Gasteiger partial charge in [0, 0.05) is 6.04 Å². The van der Waals surface area contributed by atoms with Gasteiger partial charge in [-0.25, -0.2) is 0 Å². The van der Waals surface area contributed by atoms with Crippen LogP contribution in [-0.4, -0.2) is 24.5 Å². The molecule has 0 saturated heterocycles. The van der Waals surface area contributed by atoms with Crippen LogP contribution in [0, 0.1) is 0 Å². The summed E-state index contributed by atoms with van der Waals surface area (Å²) in [4.78, 5) is 24.3. The molecule has 1 aliphatic rings. The Hall–Kier alpha value is -2.34. The van der Waals surface area contributed by atoms with Crippen LogP contribution in [0.2, 0.25) is 0 Å². The van der Waals surface area contributed by atoms with E-state index in [2.05, 4.69) is 10.6 Å². The molecule has 3 rings (SSSR count). The maximum Gasteiger partial charge on any atom is 0.261 e. The predicted octanol–water partition coefficient (Wildman–Crippen LogP) is 2.90. The Kier molecular flexibility index (Phi) is 5.15. The molecule has 24 heavy (non-hydrogen) atoms. The lowest BCUT2D eigenvalue weighted by molar-refractivity contribution is -0.123. The third kappa shape index (κ3) is 4.58. The summed E-state index contributed by atoms with van der Waals surface area (Å²) in [5, 5.41) is 7.72. The van der Waals surface area contributed by atoms with E-state index < -0.39 is 0 Å². The van der Waals surface area contributed by atoms with Gasteiger partial charge in [-0.15, -0.1) is 11.3 Å². The van der Waals surface area contributed by atoms with Crippen LogP contribution in [0.25, 0.3) is 0 Å². The number of thiophene rings is 1. The highest BCUT2D eigenvalue weighted by molar-refractivity contribution is 7.12. The molecule has 0 spiro atoms. The van der Waals surface area contributed by atoms with E-state index in [1.807, 2.05) is 42.6 Å². The molecule has 0 radical (unpaired) electrons. The fourth-order valence-electron chi connectivity index (χ4n) is 2.26. The molecule has 2 N–H and O–H groups in total. The summed E-state index contributed by atoms with van der Waals surface area (Å²) in [6, 6.07) is 11.3. The summed E-state index contributed by atoms with van der Waals surface area (Å²) in [7, 11) is 0. The van der Waals surface area contributed by atoms with Gasteiger partial charge in [0.05, 0.1) is 10.9 Å². The number of hydrogen-bond acceptors (Lipinski definition) is 4. The number of nitrogens with one attached hydrogen (secondary N) is 2. The molecule has 1 unspecified atom stereocenters. The van der Waals surface area contributed by atoms with Crippen molar-refractivity contribution in [2.75, 3.05) is 6.61 Å². The van der Waals surface area contributed by atoms with Gasteiger partial charge in [-0.05, 0) is 48.9 Å². The highest BCUT2D eigenvalue weighted by atomic mass is 32.1. The zero-order valence-electron chi connectivity index (χ0n) is 13.5. The van der Waals surface area contributed by atoms with Crippen LogP contribution >= 0.6 is 11.3 Å². The van der Waals surface area contributed by atoms with E-state index in [9.17, 15) is 9.59 Å². The van der Waals surface area contributed by atoms with Crippen LogP contribution in [-0.2, 0) is 4.79 Å². The second-order valence-electron chi connectivity index (χ2n) is 5.87. The fraction of sp³-hybridized carbons (Fsp3) is 0.333. The third-order valence-corrected chi connectivity index (χ3v) is 4.65. The number of hydrogen-bond donors (Lipinski definition) is 2. The Morgan fingerprint density at radius 3 is 2.62 bits per heavy atom. The molecule has 1 aliphatic carbocycles. The molecule has 1 aromatic carbocycles. The zero-order valence-corrected chi connectivity index (χ0v) is 14.3. The largest absolute Gasteiger partial charge is 0.484 e. The Balaban J connectivity index is 1.49. The van der Waals surface area contributed by atoms with Gasteiger partial charge in [0.25, 0.3) is 11.8 Å². The van der Waals surface area contributed by atoms with Crippen molar-refractivity contribution in [1.29, 1.82) is 0 Å². The monoisotopic (exact) mass is 344 g/mol. The van der Waals surface area contributed by atoms with Gasteiger partial charge >= 0.3 is 0 Å². The van der Waals surface area contributed by atoms with E-state index in [-0.39, 0.29) is 24.5 Å².